The summed E-state index contributed by atoms with van der Waals surface area (Å²) in [6, 6.07) is 12.8. The van der Waals surface area contributed by atoms with Crippen LogP contribution in [0, 0.1) is 0 Å². The van der Waals surface area contributed by atoms with Crippen LogP contribution >= 0.6 is 0 Å². The first kappa shape index (κ1) is 15.1. The number of methoxy groups -OCH3 is 1. The van der Waals surface area contributed by atoms with Gasteiger partial charge in [0.1, 0.15) is 5.75 Å². The van der Waals surface area contributed by atoms with Gasteiger partial charge in [0.15, 0.2) is 0 Å². The Morgan fingerprint density at radius 2 is 2.08 bits per heavy atom. The Balaban J connectivity index is 1.52. The van der Waals surface area contributed by atoms with Gasteiger partial charge in [0.05, 0.1) is 7.11 Å². The molecule has 4 rings (SSSR count). The first-order chi connectivity index (χ1) is 11.7. The van der Waals surface area contributed by atoms with Gasteiger partial charge in [-0.15, -0.1) is 0 Å². The number of carbonyl (C=O) groups excluding carboxylic acids is 1. The van der Waals surface area contributed by atoms with Crippen LogP contribution in [0.25, 0.3) is 0 Å². The van der Waals surface area contributed by atoms with E-state index in [4.69, 9.17) is 4.74 Å². The van der Waals surface area contributed by atoms with E-state index in [2.05, 4.69) is 34.9 Å². The molecule has 0 aromatic heterocycles. The molecule has 1 aliphatic heterocycles. The van der Waals surface area contributed by atoms with Gasteiger partial charge in [0.2, 0.25) is 0 Å². The SMILES string of the molecule is COc1cccc2c1CCC(Nc1ccc3c(c1)C(=O)NCC3)C2. The van der Waals surface area contributed by atoms with E-state index < -0.39 is 0 Å². The Bertz CT molecular complexity index is 785. The predicted octanol–water partition coefficient (Wildman–Crippen LogP) is 2.95. The van der Waals surface area contributed by atoms with Crippen molar-refractivity contribution in [3.05, 3.63) is 58.7 Å². The molecule has 24 heavy (non-hydrogen) atoms. The lowest BCUT2D eigenvalue weighted by Crippen LogP contribution is -2.32. The lowest BCUT2D eigenvalue weighted by Gasteiger charge is -2.28. The molecule has 2 aliphatic rings. The summed E-state index contributed by atoms with van der Waals surface area (Å²) in [7, 11) is 1.73. The molecule has 1 amide bonds. The molecule has 0 saturated carbocycles. The third-order valence-corrected chi connectivity index (χ3v) is 5.06. The van der Waals surface area contributed by atoms with Crippen LogP contribution in [-0.4, -0.2) is 25.6 Å². The lowest BCUT2D eigenvalue weighted by molar-refractivity contribution is 0.0946. The molecule has 4 heteroatoms. The molecular weight excluding hydrogens is 300 g/mol. The van der Waals surface area contributed by atoms with E-state index >= 15 is 0 Å². The quantitative estimate of drug-likeness (QED) is 0.913. The Labute approximate surface area is 142 Å². The summed E-state index contributed by atoms with van der Waals surface area (Å²) < 4.78 is 5.48. The second-order valence-corrected chi connectivity index (χ2v) is 6.56. The van der Waals surface area contributed by atoms with Gasteiger partial charge < -0.3 is 15.4 Å². The van der Waals surface area contributed by atoms with Crippen molar-refractivity contribution >= 4 is 11.6 Å². The molecule has 1 aliphatic carbocycles. The van der Waals surface area contributed by atoms with Gasteiger partial charge in [-0.2, -0.15) is 0 Å². The Morgan fingerprint density at radius 3 is 2.96 bits per heavy atom. The number of hydrogen-bond acceptors (Lipinski definition) is 3. The minimum atomic E-state index is 0.0404. The first-order valence-electron chi connectivity index (χ1n) is 8.57. The normalized spacial score (nSPS) is 19.0. The predicted molar refractivity (Wildman–Crippen MR) is 94.9 cm³/mol. The van der Waals surface area contributed by atoms with Gasteiger partial charge in [0, 0.05) is 23.8 Å². The van der Waals surface area contributed by atoms with Gasteiger partial charge >= 0.3 is 0 Å². The summed E-state index contributed by atoms with van der Waals surface area (Å²) >= 11 is 0. The Hall–Kier alpha value is -2.49. The maximum Gasteiger partial charge on any atom is 0.251 e. The highest BCUT2D eigenvalue weighted by atomic mass is 16.5. The smallest absolute Gasteiger partial charge is 0.251 e. The van der Waals surface area contributed by atoms with Gasteiger partial charge in [-0.3, -0.25) is 4.79 Å². The van der Waals surface area contributed by atoms with Gasteiger partial charge in [-0.25, -0.2) is 0 Å². The number of rotatable bonds is 3. The van der Waals surface area contributed by atoms with Crippen molar-refractivity contribution in [3.63, 3.8) is 0 Å². The third kappa shape index (κ3) is 2.73. The molecule has 0 bridgehead atoms. The summed E-state index contributed by atoms with van der Waals surface area (Å²) in [5, 5.41) is 6.52. The minimum absolute atomic E-state index is 0.0404. The maximum absolute atomic E-state index is 12.0. The van der Waals surface area contributed by atoms with Crippen LogP contribution in [-0.2, 0) is 19.3 Å². The van der Waals surface area contributed by atoms with E-state index in [0.717, 1.165) is 54.8 Å². The number of anilines is 1. The van der Waals surface area contributed by atoms with Gasteiger partial charge in [-0.1, -0.05) is 18.2 Å². The summed E-state index contributed by atoms with van der Waals surface area (Å²) in [5.41, 5.74) is 5.67. The number of fused-ring (bicyclic) bond motifs is 2. The first-order valence-corrected chi connectivity index (χ1v) is 8.57. The fraction of sp³-hybridized carbons (Fsp3) is 0.350. The van der Waals surface area contributed by atoms with Crippen molar-refractivity contribution in [2.75, 3.05) is 19.0 Å². The fourth-order valence-corrected chi connectivity index (χ4v) is 3.82. The summed E-state index contributed by atoms with van der Waals surface area (Å²) in [4.78, 5) is 12.0. The number of amides is 1. The molecular formula is C20H22N2O2. The molecule has 4 nitrogen and oxygen atoms in total. The molecule has 1 heterocycles. The molecule has 2 N–H and O–H groups in total. The zero-order chi connectivity index (χ0) is 16.5. The van der Waals surface area contributed by atoms with E-state index in [0.29, 0.717) is 6.04 Å². The van der Waals surface area contributed by atoms with Crippen molar-refractivity contribution in [3.8, 4) is 5.75 Å². The van der Waals surface area contributed by atoms with E-state index in [-0.39, 0.29) is 5.91 Å². The van der Waals surface area contributed by atoms with Crippen molar-refractivity contribution in [2.24, 2.45) is 0 Å². The van der Waals surface area contributed by atoms with Crippen molar-refractivity contribution in [1.82, 2.24) is 5.32 Å². The Kier molecular flexibility index (Phi) is 3.89. The van der Waals surface area contributed by atoms with Crippen LogP contribution in [0.2, 0.25) is 0 Å². The van der Waals surface area contributed by atoms with Crippen LogP contribution in [0.3, 0.4) is 0 Å². The standard InChI is InChI=1S/C20H22N2O2/c1-24-19-4-2-3-14-11-15(7-8-17(14)19)22-16-6-5-13-9-10-21-20(23)18(13)12-16/h2-6,12,15,22H,7-11H2,1H3,(H,21,23). The van der Waals surface area contributed by atoms with Crippen LogP contribution in [0.4, 0.5) is 5.69 Å². The number of carbonyl (C=O) groups is 1. The Morgan fingerprint density at radius 1 is 1.17 bits per heavy atom. The molecule has 0 fully saturated rings. The third-order valence-electron chi connectivity index (χ3n) is 5.06. The molecule has 2 aromatic carbocycles. The molecule has 1 unspecified atom stereocenters. The molecule has 0 radical (unpaired) electrons. The molecule has 1 atom stereocenters. The number of nitrogens with one attached hydrogen (secondary N) is 2. The second kappa shape index (κ2) is 6.19. The van der Waals surface area contributed by atoms with Crippen LogP contribution in [0.5, 0.6) is 5.75 Å². The highest BCUT2D eigenvalue weighted by molar-refractivity contribution is 5.97. The monoisotopic (exact) mass is 322 g/mol. The largest absolute Gasteiger partial charge is 0.496 e. The molecule has 0 spiro atoms. The topological polar surface area (TPSA) is 50.4 Å². The second-order valence-electron chi connectivity index (χ2n) is 6.56. The summed E-state index contributed by atoms with van der Waals surface area (Å²) in [6.07, 6.45) is 3.98. The number of benzene rings is 2. The van der Waals surface area contributed by atoms with E-state index in [1.165, 1.54) is 11.1 Å². The average Bonchev–Trinajstić information content (AvgIpc) is 2.62. The van der Waals surface area contributed by atoms with Crippen molar-refractivity contribution in [1.29, 1.82) is 0 Å². The van der Waals surface area contributed by atoms with E-state index in [1.54, 1.807) is 7.11 Å². The van der Waals surface area contributed by atoms with Gasteiger partial charge in [-0.05, 0) is 60.6 Å². The highest BCUT2D eigenvalue weighted by Gasteiger charge is 2.22. The lowest BCUT2D eigenvalue weighted by atomic mass is 9.87. The zero-order valence-electron chi connectivity index (χ0n) is 13.9. The van der Waals surface area contributed by atoms with Gasteiger partial charge in [0.25, 0.3) is 5.91 Å². The van der Waals surface area contributed by atoms with Crippen molar-refractivity contribution in [2.45, 2.75) is 31.7 Å². The van der Waals surface area contributed by atoms with Crippen molar-refractivity contribution < 1.29 is 9.53 Å². The molecule has 124 valence electrons. The minimum Gasteiger partial charge on any atom is -0.496 e. The maximum atomic E-state index is 12.0. The molecule has 0 saturated heterocycles. The summed E-state index contributed by atoms with van der Waals surface area (Å²) in [6.45, 7) is 0.736. The number of hydrogen-bond donors (Lipinski definition) is 2. The zero-order valence-corrected chi connectivity index (χ0v) is 13.9. The number of ether oxygens (including phenoxy) is 1. The fourth-order valence-electron chi connectivity index (χ4n) is 3.82. The highest BCUT2D eigenvalue weighted by Crippen LogP contribution is 2.31. The average molecular weight is 322 g/mol. The van der Waals surface area contributed by atoms with Crippen LogP contribution in [0.15, 0.2) is 36.4 Å². The van der Waals surface area contributed by atoms with Crippen LogP contribution < -0.4 is 15.4 Å². The summed E-state index contributed by atoms with van der Waals surface area (Å²) in [5.74, 6) is 1.04. The van der Waals surface area contributed by atoms with Crippen LogP contribution in [0.1, 0.15) is 33.5 Å². The van der Waals surface area contributed by atoms with E-state index in [9.17, 15) is 4.79 Å². The molecule has 2 aromatic rings. The van der Waals surface area contributed by atoms with E-state index in [1.807, 2.05) is 12.1 Å².